The van der Waals surface area contributed by atoms with Gasteiger partial charge in [-0.1, -0.05) is 18.2 Å². The molecule has 8 heteroatoms. The van der Waals surface area contributed by atoms with Crippen LogP contribution in [-0.4, -0.2) is 14.3 Å². The second-order valence-electron chi connectivity index (χ2n) is 6.35. The van der Waals surface area contributed by atoms with Gasteiger partial charge in [0.15, 0.2) is 0 Å². The predicted octanol–water partition coefficient (Wildman–Crippen LogP) is 4.26. The third-order valence-electron chi connectivity index (χ3n) is 4.24. The number of anilines is 1. The zero-order valence-electron chi connectivity index (χ0n) is 15.4. The summed E-state index contributed by atoms with van der Waals surface area (Å²) >= 11 is 0. The van der Waals surface area contributed by atoms with Crippen molar-refractivity contribution in [3.05, 3.63) is 95.6 Å². The molecule has 1 atom stereocenters. The normalized spacial score (nSPS) is 12.2. The highest BCUT2D eigenvalue weighted by Gasteiger charge is 2.16. The minimum Gasteiger partial charge on any atom is -0.345 e. The Morgan fingerprint density at radius 2 is 1.52 bits per heavy atom. The first kappa shape index (κ1) is 20.5. The summed E-state index contributed by atoms with van der Waals surface area (Å²) in [5, 5.41) is 2.70. The second-order valence-corrected chi connectivity index (χ2v) is 8.04. The Morgan fingerprint density at radius 1 is 0.897 bits per heavy atom. The summed E-state index contributed by atoms with van der Waals surface area (Å²) in [6, 6.07) is 15.8. The van der Waals surface area contributed by atoms with Crippen LogP contribution in [0.2, 0.25) is 0 Å². The van der Waals surface area contributed by atoms with Crippen LogP contribution in [-0.2, 0) is 10.0 Å². The molecule has 0 spiro atoms. The lowest BCUT2D eigenvalue weighted by molar-refractivity contribution is 0.0939. The van der Waals surface area contributed by atoms with E-state index in [1.165, 1.54) is 30.3 Å². The maximum Gasteiger partial charge on any atom is 0.261 e. The van der Waals surface area contributed by atoms with Crippen LogP contribution in [0.25, 0.3) is 0 Å². The molecular formula is C21H18F2N2O3S. The molecule has 0 aliphatic carbocycles. The van der Waals surface area contributed by atoms with Crippen molar-refractivity contribution in [1.82, 2.24) is 5.32 Å². The van der Waals surface area contributed by atoms with Gasteiger partial charge in [0, 0.05) is 16.8 Å². The molecule has 0 aliphatic rings. The van der Waals surface area contributed by atoms with Crippen molar-refractivity contribution in [3.63, 3.8) is 0 Å². The fourth-order valence-corrected chi connectivity index (χ4v) is 3.76. The van der Waals surface area contributed by atoms with Crippen LogP contribution in [0, 0.1) is 11.6 Å². The number of sulfonamides is 1. The Bertz CT molecular complexity index is 1120. The number of carbonyl (C=O) groups excluding carboxylic acids is 1. The van der Waals surface area contributed by atoms with Crippen LogP contribution in [0.15, 0.2) is 77.7 Å². The van der Waals surface area contributed by atoms with Gasteiger partial charge in [-0.15, -0.1) is 0 Å². The Kier molecular flexibility index (Phi) is 5.93. The van der Waals surface area contributed by atoms with E-state index in [0.29, 0.717) is 5.56 Å². The molecule has 5 nitrogen and oxygen atoms in total. The third-order valence-corrected chi connectivity index (χ3v) is 5.64. The highest BCUT2D eigenvalue weighted by atomic mass is 32.2. The molecule has 0 heterocycles. The van der Waals surface area contributed by atoms with Gasteiger partial charge in [0.2, 0.25) is 0 Å². The number of amides is 1. The van der Waals surface area contributed by atoms with Gasteiger partial charge in [-0.2, -0.15) is 0 Å². The van der Waals surface area contributed by atoms with Gasteiger partial charge < -0.3 is 5.32 Å². The third kappa shape index (κ3) is 4.97. The molecule has 0 bridgehead atoms. The zero-order chi connectivity index (χ0) is 21.0. The van der Waals surface area contributed by atoms with E-state index in [-0.39, 0.29) is 16.1 Å². The standard InChI is InChI=1S/C21H18F2N2O3S/c1-14(19-4-2-3-5-20(19)23)24-21(26)15-6-10-17(11-7-15)25-29(27,28)18-12-8-16(22)9-13-18/h2-14,25H,1H3,(H,24,26). The van der Waals surface area contributed by atoms with Gasteiger partial charge in [0.25, 0.3) is 15.9 Å². The van der Waals surface area contributed by atoms with Crippen LogP contribution in [0.5, 0.6) is 0 Å². The molecule has 1 unspecified atom stereocenters. The fraction of sp³-hybridized carbons (Fsp3) is 0.0952. The number of rotatable bonds is 6. The van der Waals surface area contributed by atoms with Crippen LogP contribution in [0.1, 0.15) is 28.9 Å². The molecule has 2 N–H and O–H groups in total. The molecule has 0 fully saturated rings. The van der Waals surface area contributed by atoms with Gasteiger partial charge >= 0.3 is 0 Å². The number of hydrogen-bond donors (Lipinski definition) is 2. The summed E-state index contributed by atoms with van der Waals surface area (Å²) in [5.41, 5.74) is 0.899. The van der Waals surface area contributed by atoms with E-state index >= 15 is 0 Å². The van der Waals surface area contributed by atoms with Gasteiger partial charge in [0.05, 0.1) is 10.9 Å². The lowest BCUT2D eigenvalue weighted by Gasteiger charge is -2.15. The first-order valence-corrected chi connectivity index (χ1v) is 10.2. The van der Waals surface area contributed by atoms with Gasteiger partial charge in [-0.05, 0) is 61.5 Å². The number of halogens is 2. The topological polar surface area (TPSA) is 75.3 Å². The smallest absolute Gasteiger partial charge is 0.261 e. The summed E-state index contributed by atoms with van der Waals surface area (Å²) in [6.45, 7) is 1.67. The first-order valence-electron chi connectivity index (χ1n) is 8.70. The first-order chi connectivity index (χ1) is 13.8. The summed E-state index contributed by atoms with van der Waals surface area (Å²) in [6.07, 6.45) is 0. The van der Waals surface area contributed by atoms with Crippen LogP contribution >= 0.6 is 0 Å². The Balaban J connectivity index is 1.69. The van der Waals surface area contributed by atoms with Crippen molar-refractivity contribution < 1.29 is 22.0 Å². The fourth-order valence-electron chi connectivity index (χ4n) is 2.70. The zero-order valence-corrected chi connectivity index (χ0v) is 16.2. The van der Waals surface area contributed by atoms with Gasteiger partial charge in [0.1, 0.15) is 11.6 Å². The van der Waals surface area contributed by atoms with Crippen molar-refractivity contribution in [1.29, 1.82) is 0 Å². The Hall–Kier alpha value is -3.26. The molecule has 3 aromatic rings. The maximum absolute atomic E-state index is 13.8. The van der Waals surface area contributed by atoms with Crippen molar-refractivity contribution in [3.8, 4) is 0 Å². The van der Waals surface area contributed by atoms with Crippen LogP contribution < -0.4 is 10.0 Å². The largest absolute Gasteiger partial charge is 0.345 e. The molecule has 0 aliphatic heterocycles. The quantitative estimate of drug-likeness (QED) is 0.631. The molecule has 0 saturated heterocycles. The van der Waals surface area contributed by atoms with E-state index in [1.54, 1.807) is 25.1 Å². The summed E-state index contributed by atoms with van der Waals surface area (Å²) in [5.74, 6) is -1.37. The highest BCUT2D eigenvalue weighted by Crippen LogP contribution is 2.19. The lowest BCUT2D eigenvalue weighted by Crippen LogP contribution is -2.27. The molecule has 3 aromatic carbocycles. The Morgan fingerprint density at radius 3 is 2.14 bits per heavy atom. The SMILES string of the molecule is CC(NC(=O)c1ccc(NS(=O)(=O)c2ccc(F)cc2)cc1)c1ccccc1F. The molecule has 150 valence electrons. The van der Waals surface area contributed by atoms with E-state index in [9.17, 15) is 22.0 Å². The molecule has 1 amide bonds. The average Bonchev–Trinajstić information content (AvgIpc) is 2.68. The van der Waals surface area contributed by atoms with Crippen LogP contribution in [0.4, 0.5) is 14.5 Å². The monoisotopic (exact) mass is 416 g/mol. The maximum atomic E-state index is 13.8. The molecular weight excluding hydrogens is 398 g/mol. The molecule has 0 aromatic heterocycles. The Labute approximate surface area is 167 Å². The van der Waals surface area contributed by atoms with E-state index in [4.69, 9.17) is 0 Å². The summed E-state index contributed by atoms with van der Waals surface area (Å²) < 4.78 is 53.8. The van der Waals surface area contributed by atoms with Gasteiger partial charge in [-0.3, -0.25) is 9.52 Å². The van der Waals surface area contributed by atoms with E-state index in [1.807, 2.05) is 0 Å². The van der Waals surface area contributed by atoms with E-state index < -0.39 is 33.6 Å². The van der Waals surface area contributed by atoms with Crippen molar-refractivity contribution in [2.45, 2.75) is 17.9 Å². The lowest BCUT2D eigenvalue weighted by atomic mass is 10.1. The van der Waals surface area contributed by atoms with E-state index in [0.717, 1.165) is 24.3 Å². The summed E-state index contributed by atoms with van der Waals surface area (Å²) in [7, 11) is -3.88. The van der Waals surface area contributed by atoms with Crippen molar-refractivity contribution >= 4 is 21.6 Å². The molecule has 3 rings (SSSR count). The van der Waals surface area contributed by atoms with Crippen molar-refractivity contribution in [2.24, 2.45) is 0 Å². The molecule has 0 radical (unpaired) electrons. The van der Waals surface area contributed by atoms with Crippen molar-refractivity contribution in [2.75, 3.05) is 4.72 Å². The second kappa shape index (κ2) is 8.40. The number of carbonyl (C=O) groups is 1. The predicted molar refractivity (Wildman–Crippen MR) is 106 cm³/mol. The number of hydrogen-bond acceptors (Lipinski definition) is 3. The highest BCUT2D eigenvalue weighted by molar-refractivity contribution is 7.92. The molecule has 29 heavy (non-hydrogen) atoms. The minimum atomic E-state index is -3.88. The number of benzene rings is 3. The van der Waals surface area contributed by atoms with Gasteiger partial charge in [-0.25, -0.2) is 17.2 Å². The van der Waals surface area contributed by atoms with E-state index in [2.05, 4.69) is 10.0 Å². The average molecular weight is 416 g/mol. The minimum absolute atomic E-state index is 0.0839. The summed E-state index contributed by atoms with van der Waals surface area (Å²) in [4.78, 5) is 12.3. The number of nitrogens with one attached hydrogen (secondary N) is 2. The van der Waals surface area contributed by atoms with Crippen LogP contribution in [0.3, 0.4) is 0 Å². The molecule has 0 saturated carbocycles.